The molecule has 0 spiro atoms. The van der Waals surface area contributed by atoms with Crippen molar-refractivity contribution in [3.8, 4) is 5.75 Å². The summed E-state index contributed by atoms with van der Waals surface area (Å²) in [6.07, 6.45) is 2.23. The number of hydrogen-bond acceptors (Lipinski definition) is 4. The van der Waals surface area contributed by atoms with Crippen LogP contribution in [0.25, 0.3) is 11.0 Å². The van der Waals surface area contributed by atoms with Gasteiger partial charge in [0, 0.05) is 30.2 Å². The van der Waals surface area contributed by atoms with Crippen molar-refractivity contribution in [2.24, 2.45) is 0 Å². The first-order chi connectivity index (χ1) is 11.7. The Morgan fingerprint density at radius 3 is 2.92 bits per heavy atom. The smallest absolute Gasteiger partial charge is 0.336 e. The molecule has 0 unspecified atom stereocenters. The molecule has 4 heteroatoms. The van der Waals surface area contributed by atoms with Gasteiger partial charge in [0.15, 0.2) is 0 Å². The second-order valence-electron chi connectivity index (χ2n) is 6.11. The summed E-state index contributed by atoms with van der Waals surface area (Å²) < 4.78 is 10.7. The zero-order valence-corrected chi connectivity index (χ0v) is 13.6. The summed E-state index contributed by atoms with van der Waals surface area (Å²) in [6, 6.07) is 15.6. The molecule has 0 saturated heterocycles. The lowest BCUT2D eigenvalue weighted by Gasteiger charge is -2.31. The highest BCUT2D eigenvalue weighted by Crippen LogP contribution is 2.30. The van der Waals surface area contributed by atoms with Crippen LogP contribution in [0.5, 0.6) is 5.75 Å². The molecule has 2 heterocycles. The molecule has 0 saturated carbocycles. The van der Waals surface area contributed by atoms with Crippen molar-refractivity contribution in [3.05, 3.63) is 70.1 Å². The maximum atomic E-state index is 11.9. The Morgan fingerprint density at radius 1 is 1.17 bits per heavy atom. The fourth-order valence-corrected chi connectivity index (χ4v) is 3.45. The average Bonchev–Trinajstić information content (AvgIpc) is 2.61. The SMILES string of the molecule is COc1ccc2oc(=O)cc(CN3CCCc4ccccc43)c2c1. The number of aryl methyl sites for hydroxylation is 1. The molecule has 3 aromatic rings. The summed E-state index contributed by atoms with van der Waals surface area (Å²) in [5, 5.41) is 0.928. The van der Waals surface area contributed by atoms with Crippen molar-refractivity contribution in [2.45, 2.75) is 19.4 Å². The van der Waals surface area contributed by atoms with Crippen molar-refractivity contribution in [1.29, 1.82) is 0 Å². The van der Waals surface area contributed by atoms with Crippen LogP contribution in [0.1, 0.15) is 17.5 Å². The molecule has 0 fully saturated rings. The van der Waals surface area contributed by atoms with Crippen LogP contribution in [0.4, 0.5) is 5.69 Å². The van der Waals surface area contributed by atoms with Crippen molar-refractivity contribution >= 4 is 16.7 Å². The fourth-order valence-electron chi connectivity index (χ4n) is 3.45. The molecule has 0 N–H and O–H groups in total. The van der Waals surface area contributed by atoms with Crippen LogP contribution in [0, 0.1) is 0 Å². The van der Waals surface area contributed by atoms with Gasteiger partial charge in [-0.2, -0.15) is 0 Å². The molecule has 0 aliphatic carbocycles. The molecule has 1 aliphatic heterocycles. The summed E-state index contributed by atoms with van der Waals surface area (Å²) in [7, 11) is 1.64. The third-order valence-corrected chi connectivity index (χ3v) is 4.60. The molecule has 122 valence electrons. The van der Waals surface area contributed by atoms with Crippen LogP contribution in [0.2, 0.25) is 0 Å². The minimum atomic E-state index is -0.312. The van der Waals surface area contributed by atoms with Gasteiger partial charge in [0.05, 0.1) is 7.11 Å². The zero-order chi connectivity index (χ0) is 16.5. The summed E-state index contributed by atoms with van der Waals surface area (Å²) in [6.45, 7) is 1.68. The van der Waals surface area contributed by atoms with E-state index in [9.17, 15) is 4.79 Å². The van der Waals surface area contributed by atoms with Crippen LogP contribution in [0.15, 0.2) is 57.7 Å². The predicted molar refractivity (Wildman–Crippen MR) is 94.8 cm³/mol. The number of benzene rings is 2. The first-order valence-electron chi connectivity index (χ1n) is 8.18. The van der Waals surface area contributed by atoms with E-state index in [1.165, 1.54) is 11.3 Å². The van der Waals surface area contributed by atoms with Crippen molar-refractivity contribution < 1.29 is 9.15 Å². The number of hydrogen-bond donors (Lipinski definition) is 0. The second-order valence-corrected chi connectivity index (χ2v) is 6.11. The quantitative estimate of drug-likeness (QED) is 0.689. The van der Waals surface area contributed by atoms with E-state index in [0.29, 0.717) is 12.1 Å². The monoisotopic (exact) mass is 321 g/mol. The van der Waals surface area contributed by atoms with Gasteiger partial charge < -0.3 is 14.1 Å². The van der Waals surface area contributed by atoms with Gasteiger partial charge in [-0.1, -0.05) is 18.2 Å². The third kappa shape index (κ3) is 2.64. The molecule has 0 amide bonds. The van der Waals surface area contributed by atoms with Crippen LogP contribution in [-0.4, -0.2) is 13.7 Å². The Kier molecular flexibility index (Phi) is 3.73. The summed E-state index contributed by atoms with van der Waals surface area (Å²) in [4.78, 5) is 14.3. The maximum absolute atomic E-state index is 11.9. The fraction of sp³-hybridized carbons (Fsp3) is 0.250. The lowest BCUT2D eigenvalue weighted by molar-refractivity contribution is 0.415. The summed E-state index contributed by atoms with van der Waals surface area (Å²) in [5.74, 6) is 0.761. The molecule has 1 aliphatic rings. The molecule has 1 aromatic heterocycles. The Morgan fingerprint density at radius 2 is 2.04 bits per heavy atom. The lowest BCUT2D eigenvalue weighted by Crippen LogP contribution is -2.29. The average molecular weight is 321 g/mol. The van der Waals surface area contributed by atoms with Crippen LogP contribution in [-0.2, 0) is 13.0 Å². The van der Waals surface area contributed by atoms with E-state index in [-0.39, 0.29) is 5.63 Å². The molecule has 4 nitrogen and oxygen atoms in total. The van der Waals surface area contributed by atoms with Crippen LogP contribution in [0.3, 0.4) is 0 Å². The van der Waals surface area contributed by atoms with Gasteiger partial charge in [-0.05, 0) is 48.2 Å². The Labute approximate surface area is 140 Å². The second kappa shape index (κ2) is 6.04. The van der Waals surface area contributed by atoms with E-state index < -0.39 is 0 Å². The predicted octanol–water partition coefficient (Wildman–Crippen LogP) is 3.75. The van der Waals surface area contributed by atoms with Gasteiger partial charge in [0.2, 0.25) is 0 Å². The van der Waals surface area contributed by atoms with Gasteiger partial charge >= 0.3 is 5.63 Å². The number of anilines is 1. The number of methoxy groups -OCH3 is 1. The minimum absolute atomic E-state index is 0.312. The molecule has 0 bridgehead atoms. The van der Waals surface area contributed by atoms with Crippen molar-refractivity contribution in [3.63, 3.8) is 0 Å². The van der Waals surface area contributed by atoms with E-state index in [0.717, 1.165) is 36.1 Å². The number of nitrogens with zero attached hydrogens (tertiary/aromatic N) is 1. The van der Waals surface area contributed by atoms with Gasteiger partial charge in [0.1, 0.15) is 11.3 Å². The third-order valence-electron chi connectivity index (χ3n) is 4.60. The molecule has 0 radical (unpaired) electrons. The Hall–Kier alpha value is -2.75. The normalized spacial score (nSPS) is 13.8. The van der Waals surface area contributed by atoms with Gasteiger partial charge in [0.25, 0.3) is 0 Å². The Bertz CT molecular complexity index is 945. The molecular weight excluding hydrogens is 302 g/mol. The number of para-hydroxylation sites is 1. The van der Waals surface area contributed by atoms with E-state index in [1.54, 1.807) is 19.2 Å². The van der Waals surface area contributed by atoms with E-state index in [1.807, 2.05) is 12.1 Å². The number of fused-ring (bicyclic) bond motifs is 2. The maximum Gasteiger partial charge on any atom is 0.336 e. The standard InChI is InChI=1S/C20H19NO3/c1-23-16-8-9-19-17(12-16)15(11-20(22)24-19)13-21-10-4-6-14-5-2-3-7-18(14)21/h2-3,5,7-9,11-12H,4,6,10,13H2,1H3. The first-order valence-corrected chi connectivity index (χ1v) is 8.18. The molecule has 2 aromatic carbocycles. The van der Waals surface area contributed by atoms with Gasteiger partial charge in [-0.25, -0.2) is 4.79 Å². The molecular formula is C20H19NO3. The first kappa shape index (κ1) is 14.8. The van der Waals surface area contributed by atoms with Crippen LogP contribution >= 0.6 is 0 Å². The van der Waals surface area contributed by atoms with E-state index in [4.69, 9.17) is 9.15 Å². The highest BCUT2D eigenvalue weighted by Gasteiger charge is 2.18. The number of ether oxygens (including phenoxy) is 1. The van der Waals surface area contributed by atoms with Crippen molar-refractivity contribution in [2.75, 3.05) is 18.6 Å². The summed E-state index contributed by atoms with van der Waals surface area (Å²) in [5.41, 5.74) is 3.88. The molecule has 4 rings (SSSR count). The van der Waals surface area contributed by atoms with Crippen molar-refractivity contribution in [1.82, 2.24) is 0 Å². The molecule has 24 heavy (non-hydrogen) atoms. The summed E-state index contributed by atoms with van der Waals surface area (Å²) >= 11 is 0. The Balaban J connectivity index is 1.79. The lowest BCUT2D eigenvalue weighted by atomic mass is 10.0. The van der Waals surface area contributed by atoms with Gasteiger partial charge in [-0.15, -0.1) is 0 Å². The van der Waals surface area contributed by atoms with Gasteiger partial charge in [-0.3, -0.25) is 0 Å². The highest BCUT2D eigenvalue weighted by molar-refractivity contribution is 5.82. The largest absolute Gasteiger partial charge is 0.497 e. The topological polar surface area (TPSA) is 42.7 Å². The van der Waals surface area contributed by atoms with E-state index >= 15 is 0 Å². The van der Waals surface area contributed by atoms with Crippen LogP contribution < -0.4 is 15.3 Å². The molecule has 0 atom stereocenters. The van der Waals surface area contributed by atoms with E-state index in [2.05, 4.69) is 29.2 Å². The number of rotatable bonds is 3. The minimum Gasteiger partial charge on any atom is -0.497 e. The highest BCUT2D eigenvalue weighted by atomic mass is 16.5. The zero-order valence-electron chi connectivity index (χ0n) is 13.6.